The molecular weight excluding hydrogens is 124 g/mol. The van der Waals surface area contributed by atoms with Gasteiger partial charge in [0.25, 0.3) is 0 Å². The van der Waals surface area contributed by atoms with Crippen molar-refractivity contribution in [1.82, 2.24) is 0 Å². The molecule has 2 unspecified atom stereocenters. The van der Waals surface area contributed by atoms with E-state index in [9.17, 15) is 4.79 Å². The summed E-state index contributed by atoms with van der Waals surface area (Å²) >= 11 is 0. The minimum absolute atomic E-state index is 0.369. The molecule has 2 atom stereocenters. The van der Waals surface area contributed by atoms with Crippen LogP contribution in [0, 0.1) is 5.89 Å². The Morgan fingerprint density at radius 2 is 2.80 bits per heavy atom. The Bertz CT molecular complexity index is 399. The zero-order valence-electron chi connectivity index (χ0n) is 11.7. The van der Waals surface area contributed by atoms with Gasteiger partial charge in [0.05, 0.1) is 5.48 Å². The summed E-state index contributed by atoms with van der Waals surface area (Å²) < 4.78 is 45.3. The lowest BCUT2D eigenvalue weighted by Crippen LogP contribution is -2.03. The fourth-order valence-electron chi connectivity index (χ4n) is 0.670. The number of ketones is 1. The van der Waals surface area contributed by atoms with Gasteiger partial charge in [0, 0.05) is 9.16 Å². The third-order valence-electron chi connectivity index (χ3n) is 1.04. The van der Waals surface area contributed by atoms with Gasteiger partial charge in [-0.3, -0.25) is 0 Å². The number of rotatable bonds is 2. The Balaban J connectivity index is 3.29. The van der Waals surface area contributed by atoms with Crippen molar-refractivity contribution >= 4 is 5.78 Å². The Morgan fingerprint density at radius 3 is 3.50 bits per heavy atom. The van der Waals surface area contributed by atoms with Crippen LogP contribution in [0.1, 0.15) is 28.0 Å². The van der Waals surface area contributed by atoms with Crippen LogP contribution in [0.5, 0.6) is 0 Å². The first-order chi connectivity index (χ1) is 7.21. The Morgan fingerprint density at radius 1 is 2.00 bits per heavy atom. The monoisotopic (exact) mass is 142 g/mol. The number of allylic oxidation sites excluding steroid dienone is 4. The average molecular weight is 142 g/mol. The summed E-state index contributed by atoms with van der Waals surface area (Å²) in [6.45, 7) is 1.24. The summed E-state index contributed by atoms with van der Waals surface area (Å²) in [6.07, 6.45) is -1.83. The van der Waals surface area contributed by atoms with E-state index < -0.39 is 36.5 Å². The van der Waals surface area contributed by atoms with Gasteiger partial charge >= 0.3 is 0 Å². The summed E-state index contributed by atoms with van der Waals surface area (Å²) in [5.74, 6) is -2.27. The fraction of sp³-hybridized carbons (Fsp3) is 0.444. The Kier molecular flexibility index (Phi) is 0.887. The number of Topliss-reactive ketones (excluding diaryl/α,β-unsaturated/α-hetero) is 1. The maximum Gasteiger partial charge on any atom is 0.130 e. The second kappa shape index (κ2) is 3.35. The van der Waals surface area contributed by atoms with E-state index >= 15 is 0 Å². The molecule has 0 N–H and O–H groups in total. The molecule has 10 heavy (non-hydrogen) atoms. The maximum absolute atomic E-state index is 11.0. The molecule has 0 saturated carbocycles. The van der Waals surface area contributed by atoms with Crippen LogP contribution in [0.15, 0.2) is 24.2 Å². The lowest BCUT2D eigenvalue weighted by Gasteiger charge is -2.09. The van der Waals surface area contributed by atoms with E-state index in [-0.39, 0.29) is 12.2 Å². The molecular formula is C9H12O. The van der Waals surface area contributed by atoms with Gasteiger partial charge in [0.15, 0.2) is 0 Å². The van der Waals surface area contributed by atoms with Crippen LogP contribution in [0.3, 0.4) is 0 Å². The van der Waals surface area contributed by atoms with E-state index in [1.54, 1.807) is 0 Å². The van der Waals surface area contributed by atoms with Crippen LogP contribution < -0.4 is 0 Å². The highest BCUT2D eigenvalue weighted by Crippen LogP contribution is 2.15. The molecule has 0 aromatic carbocycles. The highest BCUT2D eigenvalue weighted by Gasteiger charge is 2.06. The smallest absolute Gasteiger partial charge is 0.130 e. The van der Waals surface area contributed by atoms with E-state index in [2.05, 4.69) is 0 Å². The van der Waals surface area contributed by atoms with Crippen LogP contribution in [0.25, 0.3) is 0 Å². The van der Waals surface area contributed by atoms with E-state index in [1.807, 2.05) is 0 Å². The van der Waals surface area contributed by atoms with Crippen LogP contribution in [0.2, 0.25) is 0 Å². The SMILES string of the molecule is [2H]C1=C([2H])C([2H])C([2H])(CC(C)=O)C([2H])=C1[2H]. The molecule has 0 aromatic rings. The van der Waals surface area contributed by atoms with Crippen LogP contribution in [0.4, 0.5) is 0 Å². The molecule has 0 bridgehead atoms. The van der Waals surface area contributed by atoms with Gasteiger partial charge in [-0.2, -0.15) is 0 Å². The van der Waals surface area contributed by atoms with E-state index in [0.717, 1.165) is 0 Å². The first kappa shape index (κ1) is 2.65. The van der Waals surface area contributed by atoms with Crippen molar-refractivity contribution < 1.29 is 13.0 Å². The molecule has 1 heteroatoms. The molecule has 0 saturated heterocycles. The van der Waals surface area contributed by atoms with Gasteiger partial charge < -0.3 is 4.79 Å². The molecule has 0 fully saturated rings. The highest BCUT2D eigenvalue weighted by molar-refractivity contribution is 5.76. The van der Waals surface area contributed by atoms with Gasteiger partial charge in [-0.05, 0) is 19.2 Å². The topological polar surface area (TPSA) is 17.1 Å². The van der Waals surface area contributed by atoms with Gasteiger partial charge in [0.1, 0.15) is 5.78 Å². The predicted octanol–water partition coefficient (Wildman–Crippen LogP) is 2.10. The largest absolute Gasteiger partial charge is 0.300 e. The second-order valence-corrected chi connectivity index (χ2v) is 2.07. The molecule has 1 rings (SSSR count). The molecule has 1 nitrogen and oxygen atoms in total. The van der Waals surface area contributed by atoms with Crippen molar-refractivity contribution in [2.24, 2.45) is 5.89 Å². The minimum atomic E-state index is -1.90. The van der Waals surface area contributed by atoms with E-state index in [4.69, 9.17) is 8.22 Å². The number of hydrogen-bond acceptors (Lipinski definition) is 1. The molecule has 0 amide bonds. The molecule has 1 aliphatic carbocycles. The summed E-state index contributed by atoms with van der Waals surface area (Å²) in [5, 5.41) is 0. The van der Waals surface area contributed by atoms with Crippen molar-refractivity contribution in [3.8, 4) is 0 Å². The molecule has 0 radical (unpaired) electrons. The molecule has 1 aliphatic rings. The van der Waals surface area contributed by atoms with Crippen molar-refractivity contribution in [3.63, 3.8) is 0 Å². The van der Waals surface area contributed by atoms with Crippen molar-refractivity contribution in [2.75, 3.05) is 0 Å². The molecule has 54 valence electrons. The zero-order chi connectivity index (χ0) is 12.7. The van der Waals surface area contributed by atoms with Gasteiger partial charge in [-0.1, -0.05) is 24.2 Å². The number of carbonyl (C=O) groups excluding carboxylic acids is 1. The second-order valence-electron chi connectivity index (χ2n) is 2.07. The lowest BCUT2D eigenvalue weighted by atomic mass is 9.96. The summed E-state index contributed by atoms with van der Waals surface area (Å²) in [6, 6.07) is -2.04. The van der Waals surface area contributed by atoms with E-state index in [0.29, 0.717) is 0 Å². The summed E-state index contributed by atoms with van der Waals surface area (Å²) in [7, 11) is 0. The normalized spacial score (nSPS) is 50.3. The predicted molar refractivity (Wildman–Crippen MR) is 41.7 cm³/mol. The first-order valence-electron chi connectivity index (χ1n) is 6.07. The molecule has 0 aliphatic heterocycles. The van der Waals surface area contributed by atoms with Crippen LogP contribution in [-0.2, 0) is 4.79 Å². The number of hydrogen-bond donors (Lipinski definition) is 0. The van der Waals surface area contributed by atoms with Gasteiger partial charge in [0.2, 0.25) is 0 Å². The average Bonchev–Trinajstić information content (AvgIpc) is 2.21. The van der Waals surface area contributed by atoms with Crippen molar-refractivity contribution in [1.29, 1.82) is 0 Å². The number of carbonyl (C=O) groups is 1. The Hall–Kier alpha value is -0.850. The fourth-order valence-corrected chi connectivity index (χ4v) is 0.670. The van der Waals surface area contributed by atoms with Crippen LogP contribution in [-0.4, -0.2) is 5.78 Å². The van der Waals surface area contributed by atoms with Gasteiger partial charge in [-0.25, -0.2) is 0 Å². The molecule has 0 aromatic heterocycles. The zero-order valence-corrected chi connectivity index (χ0v) is 5.69. The van der Waals surface area contributed by atoms with Crippen molar-refractivity contribution in [3.05, 3.63) is 24.2 Å². The van der Waals surface area contributed by atoms with Gasteiger partial charge in [-0.15, -0.1) is 0 Å². The Labute approximate surface area is 69.9 Å². The highest BCUT2D eigenvalue weighted by atomic mass is 16.1. The first-order valence-corrected chi connectivity index (χ1v) is 2.99. The standard InChI is InChI=1S/C9H12O/c1-8(10)7-9-5-3-2-4-6-9/h2-5,9H,6-7H2,1H3/i2D,3D,4D,5D,6D,9D. The molecule has 0 heterocycles. The summed E-state index contributed by atoms with van der Waals surface area (Å²) in [4.78, 5) is 11.0. The van der Waals surface area contributed by atoms with Crippen LogP contribution >= 0.6 is 0 Å². The summed E-state index contributed by atoms with van der Waals surface area (Å²) in [5.41, 5.74) is 0. The quantitative estimate of drug-likeness (QED) is 0.577. The minimum Gasteiger partial charge on any atom is -0.300 e. The van der Waals surface area contributed by atoms with E-state index in [1.165, 1.54) is 6.92 Å². The lowest BCUT2D eigenvalue weighted by molar-refractivity contribution is -0.117. The van der Waals surface area contributed by atoms with Crippen molar-refractivity contribution in [2.45, 2.75) is 19.7 Å². The maximum atomic E-state index is 11.0. The molecule has 0 spiro atoms. The third kappa shape index (κ3) is 2.18. The third-order valence-corrected chi connectivity index (χ3v) is 1.04.